The SMILES string of the molecule is C=CCN/C(Cl)=C\C=C(/C)CN1CCSC1=NC#N. The second-order valence-corrected chi connectivity index (χ2v) is 5.43. The zero-order valence-electron chi connectivity index (χ0n) is 10.9. The van der Waals surface area contributed by atoms with Crippen LogP contribution in [-0.2, 0) is 0 Å². The van der Waals surface area contributed by atoms with E-state index in [-0.39, 0.29) is 0 Å². The highest BCUT2D eigenvalue weighted by Crippen LogP contribution is 2.19. The van der Waals surface area contributed by atoms with E-state index in [1.165, 1.54) is 0 Å². The minimum Gasteiger partial charge on any atom is -0.372 e. The molecule has 0 aromatic heterocycles. The van der Waals surface area contributed by atoms with Gasteiger partial charge in [-0.3, -0.25) is 0 Å². The molecule has 1 fully saturated rings. The summed E-state index contributed by atoms with van der Waals surface area (Å²) in [6.45, 7) is 7.96. The average Bonchev–Trinajstić information content (AvgIpc) is 2.82. The zero-order chi connectivity index (χ0) is 14.1. The monoisotopic (exact) mass is 296 g/mol. The number of halogens is 1. The normalized spacial score (nSPS) is 18.6. The number of aliphatic imine (C=N–C) groups is 1. The molecule has 0 aliphatic carbocycles. The molecule has 1 aliphatic heterocycles. The lowest BCUT2D eigenvalue weighted by molar-refractivity contribution is 0.500. The number of nitriles is 1. The van der Waals surface area contributed by atoms with Gasteiger partial charge < -0.3 is 10.2 Å². The Balaban J connectivity index is 2.54. The third-order valence-electron chi connectivity index (χ3n) is 2.38. The number of amidine groups is 1. The molecule has 0 amide bonds. The van der Waals surface area contributed by atoms with Gasteiger partial charge in [-0.05, 0) is 13.0 Å². The van der Waals surface area contributed by atoms with Crippen molar-refractivity contribution in [3.63, 3.8) is 0 Å². The number of nitrogens with zero attached hydrogens (tertiary/aromatic N) is 3. The van der Waals surface area contributed by atoms with Crippen molar-refractivity contribution in [2.45, 2.75) is 6.92 Å². The van der Waals surface area contributed by atoms with E-state index in [0.29, 0.717) is 11.7 Å². The summed E-state index contributed by atoms with van der Waals surface area (Å²) in [6.07, 6.45) is 7.38. The van der Waals surface area contributed by atoms with Gasteiger partial charge in [0.1, 0.15) is 5.16 Å². The van der Waals surface area contributed by atoms with Crippen LogP contribution in [0.15, 0.2) is 40.5 Å². The molecule has 6 heteroatoms. The van der Waals surface area contributed by atoms with Crippen molar-refractivity contribution in [2.24, 2.45) is 4.99 Å². The van der Waals surface area contributed by atoms with Crippen LogP contribution in [0.2, 0.25) is 0 Å². The van der Waals surface area contributed by atoms with E-state index < -0.39 is 0 Å². The van der Waals surface area contributed by atoms with Crippen molar-refractivity contribution in [2.75, 3.05) is 25.4 Å². The van der Waals surface area contributed by atoms with Gasteiger partial charge in [0.25, 0.3) is 0 Å². The van der Waals surface area contributed by atoms with Gasteiger partial charge in [0.15, 0.2) is 5.17 Å². The highest BCUT2D eigenvalue weighted by Gasteiger charge is 2.19. The maximum absolute atomic E-state index is 8.60. The van der Waals surface area contributed by atoms with Gasteiger partial charge in [-0.2, -0.15) is 5.26 Å². The third kappa shape index (κ3) is 5.86. The minimum atomic E-state index is 0.584. The molecule has 0 unspecified atom stereocenters. The van der Waals surface area contributed by atoms with Crippen molar-refractivity contribution in [3.05, 3.63) is 35.5 Å². The summed E-state index contributed by atoms with van der Waals surface area (Å²) in [6, 6.07) is 0. The maximum atomic E-state index is 8.60. The van der Waals surface area contributed by atoms with Crippen molar-refractivity contribution in [1.29, 1.82) is 5.26 Å². The summed E-state index contributed by atoms with van der Waals surface area (Å²) in [5.41, 5.74) is 1.16. The Bertz CT molecular complexity index is 448. The molecule has 0 radical (unpaired) electrons. The number of allylic oxidation sites excluding steroid dienone is 2. The van der Waals surface area contributed by atoms with Crippen LogP contribution in [0.3, 0.4) is 0 Å². The van der Waals surface area contributed by atoms with Crippen LogP contribution < -0.4 is 5.32 Å². The Morgan fingerprint density at radius 1 is 1.68 bits per heavy atom. The van der Waals surface area contributed by atoms with Crippen LogP contribution in [0.1, 0.15) is 6.92 Å². The van der Waals surface area contributed by atoms with Gasteiger partial charge in [0, 0.05) is 25.4 Å². The molecule has 0 spiro atoms. The molecular weight excluding hydrogens is 280 g/mol. The Hall–Kier alpha value is -1.38. The van der Waals surface area contributed by atoms with E-state index in [9.17, 15) is 0 Å². The number of hydrogen-bond donors (Lipinski definition) is 1. The molecule has 1 saturated heterocycles. The third-order valence-corrected chi connectivity index (χ3v) is 3.63. The maximum Gasteiger partial charge on any atom is 0.208 e. The number of hydrogen-bond acceptors (Lipinski definition) is 4. The Morgan fingerprint density at radius 2 is 2.47 bits per heavy atom. The second-order valence-electron chi connectivity index (χ2n) is 3.96. The fourth-order valence-electron chi connectivity index (χ4n) is 1.52. The summed E-state index contributed by atoms with van der Waals surface area (Å²) < 4.78 is 0. The highest BCUT2D eigenvalue weighted by molar-refractivity contribution is 8.14. The average molecular weight is 297 g/mol. The molecule has 1 N–H and O–H groups in total. The van der Waals surface area contributed by atoms with E-state index in [1.54, 1.807) is 17.8 Å². The zero-order valence-corrected chi connectivity index (χ0v) is 12.5. The molecule has 102 valence electrons. The molecule has 0 atom stereocenters. The fraction of sp³-hybridized carbons (Fsp3) is 0.385. The largest absolute Gasteiger partial charge is 0.372 e. The topological polar surface area (TPSA) is 51.4 Å². The molecule has 1 aliphatic rings. The lowest BCUT2D eigenvalue weighted by Gasteiger charge is -2.16. The van der Waals surface area contributed by atoms with Crippen molar-refractivity contribution in [3.8, 4) is 6.19 Å². The van der Waals surface area contributed by atoms with Gasteiger partial charge in [0.05, 0.1) is 0 Å². The molecule has 0 saturated carbocycles. The lowest BCUT2D eigenvalue weighted by Crippen LogP contribution is -2.26. The predicted octanol–water partition coefficient (Wildman–Crippen LogP) is 2.67. The first kappa shape index (κ1) is 15.7. The first-order valence-electron chi connectivity index (χ1n) is 5.89. The smallest absolute Gasteiger partial charge is 0.208 e. The number of nitrogens with one attached hydrogen (secondary N) is 1. The quantitative estimate of drug-likeness (QED) is 0.354. The Morgan fingerprint density at radius 3 is 3.16 bits per heavy atom. The van der Waals surface area contributed by atoms with Crippen molar-refractivity contribution >= 4 is 28.5 Å². The Kier molecular flexibility index (Phi) is 7.16. The van der Waals surface area contributed by atoms with E-state index in [4.69, 9.17) is 16.9 Å². The molecule has 0 aromatic carbocycles. The summed E-state index contributed by atoms with van der Waals surface area (Å²) in [5.74, 6) is 0.977. The molecular formula is C13H17ClN4S. The van der Waals surface area contributed by atoms with Crippen LogP contribution >= 0.6 is 23.4 Å². The molecule has 0 aromatic rings. The van der Waals surface area contributed by atoms with E-state index in [0.717, 1.165) is 29.6 Å². The molecule has 4 nitrogen and oxygen atoms in total. The van der Waals surface area contributed by atoms with Crippen molar-refractivity contribution < 1.29 is 0 Å². The number of rotatable bonds is 6. The fourth-order valence-corrected chi connectivity index (χ4v) is 2.60. The molecule has 19 heavy (non-hydrogen) atoms. The predicted molar refractivity (Wildman–Crippen MR) is 83.0 cm³/mol. The first-order valence-corrected chi connectivity index (χ1v) is 7.26. The van der Waals surface area contributed by atoms with Gasteiger partial charge in [-0.15, -0.1) is 11.6 Å². The van der Waals surface area contributed by atoms with Crippen LogP contribution in [-0.4, -0.2) is 35.5 Å². The Labute approximate surface area is 123 Å². The van der Waals surface area contributed by atoms with Crippen LogP contribution in [0.25, 0.3) is 0 Å². The molecule has 1 rings (SSSR count). The van der Waals surface area contributed by atoms with Crippen LogP contribution in [0.4, 0.5) is 0 Å². The molecule has 0 bridgehead atoms. The van der Waals surface area contributed by atoms with Gasteiger partial charge in [0.2, 0.25) is 6.19 Å². The van der Waals surface area contributed by atoms with E-state index in [1.807, 2.05) is 25.3 Å². The van der Waals surface area contributed by atoms with E-state index >= 15 is 0 Å². The second kappa shape index (κ2) is 8.68. The molecule has 1 heterocycles. The van der Waals surface area contributed by atoms with Gasteiger partial charge in [-0.1, -0.05) is 41.1 Å². The summed E-state index contributed by atoms with van der Waals surface area (Å²) in [4.78, 5) is 5.91. The standard InChI is InChI=1S/C13H17ClN4S/c1-3-6-16-12(14)5-4-11(2)9-18-7-8-19-13(18)17-10-15/h3-5,16H,1,6-9H2,2H3/b11-4+,12-5-,17-13?. The van der Waals surface area contributed by atoms with Crippen LogP contribution in [0.5, 0.6) is 0 Å². The minimum absolute atomic E-state index is 0.584. The van der Waals surface area contributed by atoms with Crippen molar-refractivity contribution in [1.82, 2.24) is 10.2 Å². The van der Waals surface area contributed by atoms with Gasteiger partial charge >= 0.3 is 0 Å². The summed E-state index contributed by atoms with van der Waals surface area (Å²) in [7, 11) is 0. The lowest BCUT2D eigenvalue weighted by atomic mass is 10.2. The van der Waals surface area contributed by atoms with Crippen LogP contribution in [0, 0.1) is 11.5 Å². The summed E-state index contributed by atoms with van der Waals surface area (Å²) in [5, 5.41) is 13.0. The van der Waals surface area contributed by atoms with Gasteiger partial charge in [-0.25, -0.2) is 0 Å². The highest BCUT2D eigenvalue weighted by atomic mass is 35.5. The first-order chi connectivity index (χ1) is 9.17. The summed E-state index contributed by atoms with van der Waals surface area (Å²) >= 11 is 7.59. The number of thioether (sulfide) groups is 1. The van der Waals surface area contributed by atoms with E-state index in [2.05, 4.69) is 21.8 Å².